The minimum atomic E-state index is 0.702. The number of rotatable bonds is 5. The fourth-order valence-electron chi connectivity index (χ4n) is 1.16. The molecule has 1 N–H and O–H groups in total. The van der Waals surface area contributed by atoms with Crippen molar-refractivity contribution >= 4 is 0 Å². The highest BCUT2D eigenvalue weighted by Gasteiger charge is 1.97. The van der Waals surface area contributed by atoms with Crippen LogP contribution in [0.15, 0.2) is 12.3 Å². The second kappa shape index (κ2) is 5.02. The SMILES string of the molecule is CCn1ccc(CNCC(C)C)n1. The molecule has 0 bridgehead atoms. The number of aromatic nitrogens is 2. The largest absolute Gasteiger partial charge is 0.311 e. The summed E-state index contributed by atoms with van der Waals surface area (Å²) in [5, 5.41) is 7.74. The number of hydrogen-bond donors (Lipinski definition) is 1. The first-order valence-corrected chi connectivity index (χ1v) is 4.95. The molecule has 0 saturated carbocycles. The van der Waals surface area contributed by atoms with Crippen LogP contribution in [0.5, 0.6) is 0 Å². The second-order valence-electron chi connectivity index (χ2n) is 3.69. The van der Waals surface area contributed by atoms with Crippen LogP contribution in [0.3, 0.4) is 0 Å². The van der Waals surface area contributed by atoms with Crippen molar-refractivity contribution in [2.75, 3.05) is 6.54 Å². The van der Waals surface area contributed by atoms with Crippen molar-refractivity contribution in [1.29, 1.82) is 0 Å². The van der Waals surface area contributed by atoms with Gasteiger partial charge in [-0.1, -0.05) is 13.8 Å². The Balaban J connectivity index is 2.28. The molecule has 1 heterocycles. The molecule has 0 fully saturated rings. The Bertz CT molecular complexity index is 240. The fraction of sp³-hybridized carbons (Fsp3) is 0.700. The maximum Gasteiger partial charge on any atom is 0.0762 e. The van der Waals surface area contributed by atoms with Crippen LogP contribution >= 0.6 is 0 Å². The van der Waals surface area contributed by atoms with Crippen LogP contribution in [0.25, 0.3) is 0 Å². The van der Waals surface area contributed by atoms with Crippen molar-refractivity contribution in [3.63, 3.8) is 0 Å². The van der Waals surface area contributed by atoms with Crippen molar-refractivity contribution in [1.82, 2.24) is 15.1 Å². The van der Waals surface area contributed by atoms with Gasteiger partial charge < -0.3 is 5.32 Å². The average molecular weight is 181 g/mol. The molecular weight excluding hydrogens is 162 g/mol. The Morgan fingerprint density at radius 3 is 2.85 bits per heavy atom. The lowest BCUT2D eigenvalue weighted by Gasteiger charge is -2.04. The number of nitrogens with one attached hydrogen (secondary N) is 1. The van der Waals surface area contributed by atoms with Gasteiger partial charge in [0.15, 0.2) is 0 Å². The van der Waals surface area contributed by atoms with E-state index in [1.807, 2.05) is 10.9 Å². The lowest BCUT2D eigenvalue weighted by molar-refractivity contribution is 0.542. The molecule has 1 rings (SSSR count). The van der Waals surface area contributed by atoms with Gasteiger partial charge >= 0.3 is 0 Å². The second-order valence-corrected chi connectivity index (χ2v) is 3.69. The van der Waals surface area contributed by atoms with Gasteiger partial charge in [0.05, 0.1) is 5.69 Å². The lowest BCUT2D eigenvalue weighted by atomic mass is 10.2. The minimum absolute atomic E-state index is 0.702. The maximum absolute atomic E-state index is 4.38. The third-order valence-corrected chi connectivity index (χ3v) is 1.88. The Kier molecular flexibility index (Phi) is 3.96. The molecule has 0 spiro atoms. The minimum Gasteiger partial charge on any atom is -0.311 e. The number of nitrogens with zero attached hydrogens (tertiary/aromatic N) is 2. The summed E-state index contributed by atoms with van der Waals surface area (Å²) < 4.78 is 1.95. The van der Waals surface area contributed by atoms with Crippen molar-refractivity contribution in [3.05, 3.63) is 18.0 Å². The van der Waals surface area contributed by atoms with Gasteiger partial charge in [0.2, 0.25) is 0 Å². The van der Waals surface area contributed by atoms with Crippen LogP contribution in [-0.2, 0) is 13.1 Å². The van der Waals surface area contributed by atoms with E-state index in [-0.39, 0.29) is 0 Å². The van der Waals surface area contributed by atoms with E-state index in [0.29, 0.717) is 5.92 Å². The van der Waals surface area contributed by atoms with Crippen LogP contribution in [0.4, 0.5) is 0 Å². The van der Waals surface area contributed by atoms with E-state index in [9.17, 15) is 0 Å². The standard InChI is InChI=1S/C10H19N3/c1-4-13-6-5-10(12-13)8-11-7-9(2)3/h5-6,9,11H,4,7-8H2,1-3H3. The molecule has 0 unspecified atom stereocenters. The van der Waals surface area contributed by atoms with E-state index in [4.69, 9.17) is 0 Å². The predicted octanol–water partition coefficient (Wildman–Crippen LogP) is 1.65. The highest BCUT2D eigenvalue weighted by molar-refractivity contribution is 4.98. The van der Waals surface area contributed by atoms with E-state index in [1.54, 1.807) is 0 Å². The zero-order chi connectivity index (χ0) is 9.68. The molecule has 3 nitrogen and oxygen atoms in total. The van der Waals surface area contributed by atoms with Gasteiger partial charge in [-0.15, -0.1) is 0 Å². The summed E-state index contributed by atoms with van der Waals surface area (Å²) in [7, 11) is 0. The van der Waals surface area contributed by atoms with Crippen molar-refractivity contribution in [3.8, 4) is 0 Å². The molecule has 3 heteroatoms. The van der Waals surface area contributed by atoms with Crippen LogP contribution in [-0.4, -0.2) is 16.3 Å². The molecule has 0 atom stereocenters. The van der Waals surface area contributed by atoms with Gasteiger partial charge in [-0.2, -0.15) is 5.10 Å². The molecular formula is C10H19N3. The van der Waals surface area contributed by atoms with Gasteiger partial charge in [0, 0.05) is 19.3 Å². The molecule has 0 amide bonds. The van der Waals surface area contributed by atoms with Crippen molar-refractivity contribution in [2.45, 2.75) is 33.9 Å². The van der Waals surface area contributed by atoms with Crippen molar-refractivity contribution < 1.29 is 0 Å². The first kappa shape index (κ1) is 10.3. The summed E-state index contributed by atoms with van der Waals surface area (Å²) in [4.78, 5) is 0. The first-order chi connectivity index (χ1) is 6.22. The van der Waals surface area contributed by atoms with E-state index in [1.165, 1.54) is 0 Å². The molecule has 74 valence electrons. The summed E-state index contributed by atoms with van der Waals surface area (Å²) in [6, 6.07) is 2.07. The molecule has 0 radical (unpaired) electrons. The Morgan fingerprint density at radius 2 is 2.31 bits per heavy atom. The van der Waals surface area contributed by atoms with Gasteiger partial charge in [-0.25, -0.2) is 0 Å². The van der Waals surface area contributed by atoms with Gasteiger partial charge in [-0.05, 0) is 25.5 Å². The third-order valence-electron chi connectivity index (χ3n) is 1.88. The van der Waals surface area contributed by atoms with E-state index in [0.717, 1.165) is 25.3 Å². The van der Waals surface area contributed by atoms with Gasteiger partial charge in [0.1, 0.15) is 0 Å². The normalized spacial score (nSPS) is 11.1. The van der Waals surface area contributed by atoms with Crippen LogP contribution in [0.2, 0.25) is 0 Å². The molecule has 0 aromatic carbocycles. The molecule has 0 aliphatic heterocycles. The topological polar surface area (TPSA) is 29.9 Å². The summed E-state index contributed by atoms with van der Waals surface area (Å²) in [6.45, 7) is 9.39. The molecule has 0 aliphatic carbocycles. The van der Waals surface area contributed by atoms with Crippen LogP contribution in [0, 0.1) is 5.92 Å². The zero-order valence-electron chi connectivity index (χ0n) is 8.75. The summed E-state index contributed by atoms with van der Waals surface area (Å²) in [5.74, 6) is 0.702. The smallest absolute Gasteiger partial charge is 0.0762 e. The zero-order valence-corrected chi connectivity index (χ0v) is 8.75. The Morgan fingerprint density at radius 1 is 1.54 bits per heavy atom. The predicted molar refractivity (Wildman–Crippen MR) is 54.4 cm³/mol. The fourth-order valence-corrected chi connectivity index (χ4v) is 1.16. The third kappa shape index (κ3) is 3.59. The monoisotopic (exact) mass is 181 g/mol. The first-order valence-electron chi connectivity index (χ1n) is 4.95. The summed E-state index contributed by atoms with van der Waals surface area (Å²) in [6.07, 6.45) is 2.02. The Labute approximate surface area is 80.1 Å². The molecule has 0 saturated heterocycles. The average Bonchev–Trinajstić information content (AvgIpc) is 2.52. The highest BCUT2D eigenvalue weighted by Crippen LogP contribution is 1.95. The lowest BCUT2D eigenvalue weighted by Crippen LogP contribution is -2.19. The summed E-state index contributed by atoms with van der Waals surface area (Å²) in [5.41, 5.74) is 1.13. The molecule has 0 aliphatic rings. The van der Waals surface area contributed by atoms with Crippen LogP contribution < -0.4 is 5.32 Å². The van der Waals surface area contributed by atoms with Gasteiger partial charge in [0.25, 0.3) is 0 Å². The molecule has 1 aromatic rings. The van der Waals surface area contributed by atoms with E-state index >= 15 is 0 Å². The quantitative estimate of drug-likeness (QED) is 0.748. The van der Waals surface area contributed by atoms with Crippen molar-refractivity contribution in [2.24, 2.45) is 5.92 Å². The van der Waals surface area contributed by atoms with E-state index < -0.39 is 0 Å². The Hall–Kier alpha value is -0.830. The van der Waals surface area contributed by atoms with Crippen LogP contribution in [0.1, 0.15) is 26.5 Å². The number of hydrogen-bond acceptors (Lipinski definition) is 2. The number of aryl methyl sites for hydroxylation is 1. The van der Waals surface area contributed by atoms with E-state index in [2.05, 4.69) is 37.3 Å². The summed E-state index contributed by atoms with van der Waals surface area (Å²) >= 11 is 0. The highest BCUT2D eigenvalue weighted by atomic mass is 15.3. The molecule has 13 heavy (non-hydrogen) atoms. The molecule has 1 aromatic heterocycles. The van der Waals surface area contributed by atoms with Gasteiger partial charge in [-0.3, -0.25) is 4.68 Å². The maximum atomic E-state index is 4.38.